The molecule has 2 N–H and O–H groups in total. The van der Waals surface area contributed by atoms with Crippen LogP contribution in [0.4, 0.5) is 0 Å². The van der Waals surface area contributed by atoms with Crippen molar-refractivity contribution in [1.29, 1.82) is 0 Å². The van der Waals surface area contributed by atoms with Gasteiger partial charge in [0.05, 0.1) is 0 Å². The van der Waals surface area contributed by atoms with Crippen molar-refractivity contribution in [2.75, 3.05) is 6.54 Å². The fourth-order valence-electron chi connectivity index (χ4n) is 1.60. The van der Waals surface area contributed by atoms with Crippen molar-refractivity contribution in [2.45, 2.75) is 32.7 Å². The van der Waals surface area contributed by atoms with E-state index in [1.165, 1.54) is 12.8 Å². The molecule has 0 amide bonds. The normalized spacial score (nSPS) is 32.0. The first kappa shape index (κ1) is 8.78. The molecular formula is C8H16N2S. The molecule has 64 valence electrons. The van der Waals surface area contributed by atoms with Gasteiger partial charge >= 0.3 is 0 Å². The highest BCUT2D eigenvalue weighted by Crippen LogP contribution is 2.20. The molecule has 0 bridgehead atoms. The van der Waals surface area contributed by atoms with Gasteiger partial charge in [-0.1, -0.05) is 6.92 Å². The van der Waals surface area contributed by atoms with Crippen LogP contribution in [0.2, 0.25) is 0 Å². The lowest BCUT2D eigenvalue weighted by Gasteiger charge is -2.37. The van der Waals surface area contributed by atoms with Crippen LogP contribution in [0.1, 0.15) is 26.7 Å². The van der Waals surface area contributed by atoms with Crippen LogP contribution < -0.4 is 5.73 Å². The highest BCUT2D eigenvalue weighted by molar-refractivity contribution is 7.80. The summed E-state index contributed by atoms with van der Waals surface area (Å²) < 4.78 is 0. The average molecular weight is 172 g/mol. The van der Waals surface area contributed by atoms with Crippen LogP contribution in [0, 0.1) is 5.92 Å². The molecule has 11 heavy (non-hydrogen) atoms. The summed E-state index contributed by atoms with van der Waals surface area (Å²) in [5.74, 6) is 0.743. The summed E-state index contributed by atoms with van der Waals surface area (Å²) in [5.41, 5.74) is 5.58. The summed E-state index contributed by atoms with van der Waals surface area (Å²) in [6, 6.07) is 0.545. The molecule has 1 saturated heterocycles. The van der Waals surface area contributed by atoms with Crippen molar-refractivity contribution < 1.29 is 0 Å². The predicted octanol–water partition coefficient (Wildman–Crippen LogP) is 1.35. The van der Waals surface area contributed by atoms with E-state index < -0.39 is 0 Å². The molecule has 2 nitrogen and oxygen atoms in total. The SMILES string of the molecule is CC1CCC(C)N(C(N)=S)C1. The van der Waals surface area contributed by atoms with Crippen molar-refractivity contribution in [3.05, 3.63) is 0 Å². The molecular weight excluding hydrogens is 156 g/mol. The van der Waals surface area contributed by atoms with Gasteiger partial charge < -0.3 is 10.6 Å². The maximum atomic E-state index is 5.58. The minimum Gasteiger partial charge on any atom is -0.376 e. The second kappa shape index (κ2) is 3.39. The third kappa shape index (κ3) is 2.06. The third-order valence-corrected chi connectivity index (χ3v) is 2.64. The van der Waals surface area contributed by atoms with Gasteiger partial charge in [-0.2, -0.15) is 0 Å². The molecule has 0 aromatic carbocycles. The minimum absolute atomic E-state index is 0.545. The van der Waals surface area contributed by atoms with Crippen molar-refractivity contribution in [2.24, 2.45) is 11.7 Å². The summed E-state index contributed by atoms with van der Waals surface area (Å²) in [4.78, 5) is 2.13. The van der Waals surface area contributed by atoms with Gasteiger partial charge in [-0.3, -0.25) is 0 Å². The molecule has 1 heterocycles. The predicted molar refractivity (Wildman–Crippen MR) is 51.4 cm³/mol. The van der Waals surface area contributed by atoms with Crippen molar-refractivity contribution in [1.82, 2.24) is 4.90 Å². The average Bonchev–Trinajstić information content (AvgIpc) is 1.94. The van der Waals surface area contributed by atoms with Gasteiger partial charge in [0.25, 0.3) is 0 Å². The van der Waals surface area contributed by atoms with Crippen LogP contribution in [0.25, 0.3) is 0 Å². The van der Waals surface area contributed by atoms with Gasteiger partial charge in [-0.15, -0.1) is 0 Å². The van der Waals surface area contributed by atoms with Crippen molar-refractivity contribution in [3.8, 4) is 0 Å². The molecule has 2 atom stereocenters. The Morgan fingerprint density at radius 2 is 2.09 bits per heavy atom. The summed E-state index contributed by atoms with van der Waals surface area (Å²) in [6.45, 7) is 5.47. The number of piperidine rings is 1. The first-order chi connectivity index (χ1) is 5.11. The number of hydrogen-bond acceptors (Lipinski definition) is 1. The van der Waals surface area contributed by atoms with Crippen LogP contribution in [0.3, 0.4) is 0 Å². The molecule has 1 aliphatic rings. The Balaban J connectivity index is 2.54. The molecule has 0 radical (unpaired) electrons. The van der Waals surface area contributed by atoms with Crippen LogP contribution in [0.5, 0.6) is 0 Å². The fourth-order valence-corrected chi connectivity index (χ4v) is 1.85. The molecule has 0 aromatic rings. The lowest BCUT2D eigenvalue weighted by atomic mass is 9.96. The number of nitrogens with zero attached hydrogens (tertiary/aromatic N) is 1. The zero-order valence-electron chi connectivity index (χ0n) is 7.21. The van der Waals surface area contributed by atoms with E-state index in [-0.39, 0.29) is 0 Å². The molecule has 1 aliphatic heterocycles. The third-order valence-electron chi connectivity index (χ3n) is 2.40. The van der Waals surface area contributed by atoms with Crippen molar-refractivity contribution in [3.63, 3.8) is 0 Å². The molecule has 0 aromatic heterocycles. The van der Waals surface area contributed by atoms with E-state index in [1.54, 1.807) is 0 Å². The fraction of sp³-hybridized carbons (Fsp3) is 0.875. The number of nitrogens with two attached hydrogens (primary N) is 1. The van der Waals surface area contributed by atoms with E-state index in [0.29, 0.717) is 11.2 Å². The van der Waals surface area contributed by atoms with Crippen LogP contribution in [-0.4, -0.2) is 22.6 Å². The number of hydrogen-bond donors (Lipinski definition) is 1. The number of thiocarbonyl (C=S) groups is 1. The van der Waals surface area contributed by atoms with E-state index in [0.717, 1.165) is 12.5 Å². The highest BCUT2D eigenvalue weighted by atomic mass is 32.1. The highest BCUT2D eigenvalue weighted by Gasteiger charge is 2.22. The summed E-state index contributed by atoms with van der Waals surface area (Å²) in [5, 5.41) is 0.559. The Morgan fingerprint density at radius 3 is 2.55 bits per heavy atom. The zero-order chi connectivity index (χ0) is 8.43. The maximum absolute atomic E-state index is 5.58. The Labute approximate surface area is 73.7 Å². The molecule has 1 rings (SSSR count). The number of rotatable bonds is 0. The standard InChI is InChI=1S/C8H16N2S/c1-6-3-4-7(2)10(5-6)8(9)11/h6-7H,3-5H2,1-2H3,(H2,9,11). The molecule has 3 heteroatoms. The Morgan fingerprint density at radius 1 is 1.45 bits per heavy atom. The van der Waals surface area contributed by atoms with E-state index in [4.69, 9.17) is 18.0 Å². The summed E-state index contributed by atoms with van der Waals surface area (Å²) >= 11 is 4.95. The van der Waals surface area contributed by atoms with Gasteiger partial charge in [-0.05, 0) is 37.9 Å². The molecule has 2 unspecified atom stereocenters. The van der Waals surface area contributed by atoms with E-state index in [9.17, 15) is 0 Å². The van der Waals surface area contributed by atoms with Crippen molar-refractivity contribution >= 4 is 17.3 Å². The Kier molecular flexibility index (Phi) is 2.71. The van der Waals surface area contributed by atoms with Gasteiger partial charge in [0.1, 0.15) is 0 Å². The van der Waals surface area contributed by atoms with Gasteiger partial charge in [-0.25, -0.2) is 0 Å². The first-order valence-electron chi connectivity index (χ1n) is 4.17. The summed E-state index contributed by atoms with van der Waals surface area (Å²) in [7, 11) is 0. The topological polar surface area (TPSA) is 29.3 Å². The van der Waals surface area contributed by atoms with Crippen LogP contribution in [0.15, 0.2) is 0 Å². The molecule has 0 aliphatic carbocycles. The van der Waals surface area contributed by atoms with E-state index in [2.05, 4.69) is 18.7 Å². The largest absolute Gasteiger partial charge is 0.376 e. The van der Waals surface area contributed by atoms with Gasteiger partial charge in [0, 0.05) is 12.6 Å². The molecule has 1 fully saturated rings. The molecule has 0 saturated carbocycles. The quantitative estimate of drug-likeness (QED) is 0.559. The molecule has 0 spiro atoms. The smallest absolute Gasteiger partial charge is 0.166 e. The monoisotopic (exact) mass is 172 g/mol. The second-order valence-electron chi connectivity index (χ2n) is 3.52. The lowest BCUT2D eigenvalue weighted by Crippen LogP contribution is -2.47. The van der Waals surface area contributed by atoms with Crippen LogP contribution >= 0.6 is 12.2 Å². The van der Waals surface area contributed by atoms with Gasteiger partial charge in [0.2, 0.25) is 0 Å². The Hall–Kier alpha value is -0.310. The maximum Gasteiger partial charge on any atom is 0.166 e. The second-order valence-corrected chi connectivity index (χ2v) is 3.94. The van der Waals surface area contributed by atoms with Gasteiger partial charge in [0.15, 0.2) is 5.11 Å². The van der Waals surface area contributed by atoms with E-state index >= 15 is 0 Å². The van der Waals surface area contributed by atoms with E-state index in [1.807, 2.05) is 0 Å². The lowest BCUT2D eigenvalue weighted by molar-refractivity contribution is 0.208. The van der Waals surface area contributed by atoms with Crippen LogP contribution in [-0.2, 0) is 0 Å². The minimum atomic E-state index is 0.545. The number of likely N-dealkylation sites (tertiary alicyclic amines) is 1. The first-order valence-corrected chi connectivity index (χ1v) is 4.58. The summed E-state index contributed by atoms with van der Waals surface area (Å²) in [6.07, 6.45) is 2.53. The Bertz CT molecular complexity index is 158. The zero-order valence-corrected chi connectivity index (χ0v) is 8.03.